The Hall–Kier alpha value is -2.87. The summed E-state index contributed by atoms with van der Waals surface area (Å²) >= 11 is 0. The molecule has 1 aliphatic carbocycles. The predicted molar refractivity (Wildman–Crippen MR) is 89.1 cm³/mol. The zero-order chi connectivity index (χ0) is 16.7. The maximum absolute atomic E-state index is 12.9. The zero-order valence-electron chi connectivity index (χ0n) is 13.2. The standard InChI is InChI=1S/C19H16FN3O/c1-22-16-9-10-17(16)23(19(22)24)18-11-6-14(12-21-18)3-2-13-4-7-15(20)8-5-13/h4-8,11-12,16-17H,9-10H2,1H3/t16-,17+/m1/s1. The molecule has 0 radical (unpaired) electrons. The minimum atomic E-state index is -0.277. The molecule has 1 aliphatic heterocycles. The molecule has 120 valence electrons. The quantitative estimate of drug-likeness (QED) is 0.757. The summed E-state index contributed by atoms with van der Waals surface area (Å²) in [6.45, 7) is 0. The molecule has 0 spiro atoms. The number of pyridine rings is 1. The maximum Gasteiger partial charge on any atom is 0.326 e. The van der Waals surface area contributed by atoms with Crippen LogP contribution >= 0.6 is 0 Å². The summed E-state index contributed by atoms with van der Waals surface area (Å²) in [7, 11) is 1.85. The van der Waals surface area contributed by atoms with Gasteiger partial charge in [0.2, 0.25) is 0 Å². The number of fused-ring (bicyclic) bond motifs is 1. The van der Waals surface area contributed by atoms with E-state index in [1.807, 2.05) is 19.2 Å². The average Bonchev–Trinajstić information content (AvgIpc) is 2.74. The molecule has 2 aromatic rings. The van der Waals surface area contributed by atoms with Crippen LogP contribution in [0.2, 0.25) is 0 Å². The first-order chi connectivity index (χ1) is 11.6. The van der Waals surface area contributed by atoms with Crippen LogP contribution in [0.3, 0.4) is 0 Å². The molecule has 1 saturated carbocycles. The third-order valence-electron chi connectivity index (χ3n) is 4.73. The van der Waals surface area contributed by atoms with Crippen LogP contribution < -0.4 is 4.90 Å². The fourth-order valence-corrected chi connectivity index (χ4v) is 3.22. The molecule has 2 heterocycles. The van der Waals surface area contributed by atoms with Crippen LogP contribution in [0.15, 0.2) is 42.6 Å². The number of nitrogens with zero attached hydrogens (tertiary/aromatic N) is 3. The molecule has 1 aromatic heterocycles. The third-order valence-corrected chi connectivity index (χ3v) is 4.73. The van der Waals surface area contributed by atoms with E-state index in [0.717, 1.165) is 24.0 Å². The van der Waals surface area contributed by atoms with Gasteiger partial charge in [-0.05, 0) is 49.2 Å². The number of urea groups is 1. The highest BCUT2D eigenvalue weighted by Crippen LogP contribution is 2.38. The Balaban J connectivity index is 1.53. The van der Waals surface area contributed by atoms with Crippen LogP contribution in [-0.2, 0) is 0 Å². The first-order valence-corrected chi connectivity index (χ1v) is 7.93. The fraction of sp³-hybridized carbons (Fsp3) is 0.263. The Morgan fingerprint density at radius 2 is 1.71 bits per heavy atom. The number of likely N-dealkylation sites (N-methyl/N-ethyl adjacent to an activating group) is 1. The number of carbonyl (C=O) groups is 1. The van der Waals surface area contributed by atoms with Crippen molar-refractivity contribution in [2.75, 3.05) is 11.9 Å². The number of carbonyl (C=O) groups excluding carboxylic acids is 1. The van der Waals surface area contributed by atoms with Crippen molar-refractivity contribution in [1.82, 2.24) is 9.88 Å². The summed E-state index contributed by atoms with van der Waals surface area (Å²) < 4.78 is 12.9. The van der Waals surface area contributed by atoms with E-state index in [2.05, 4.69) is 16.8 Å². The highest BCUT2D eigenvalue weighted by Gasteiger charge is 2.50. The normalized spacial score (nSPS) is 21.8. The number of hydrogen-bond acceptors (Lipinski definition) is 2. The van der Waals surface area contributed by atoms with Gasteiger partial charge in [0.05, 0.1) is 12.1 Å². The molecule has 2 atom stereocenters. The van der Waals surface area contributed by atoms with Crippen molar-refractivity contribution in [3.63, 3.8) is 0 Å². The van der Waals surface area contributed by atoms with Crippen LogP contribution in [0.5, 0.6) is 0 Å². The van der Waals surface area contributed by atoms with Gasteiger partial charge in [-0.2, -0.15) is 0 Å². The van der Waals surface area contributed by atoms with E-state index in [1.54, 1.807) is 28.1 Å². The van der Waals surface area contributed by atoms with Gasteiger partial charge in [0, 0.05) is 24.4 Å². The lowest BCUT2D eigenvalue weighted by molar-refractivity contribution is 0.196. The minimum Gasteiger partial charge on any atom is -0.322 e. The van der Waals surface area contributed by atoms with Gasteiger partial charge in [-0.15, -0.1) is 0 Å². The van der Waals surface area contributed by atoms with Crippen LogP contribution in [0.1, 0.15) is 24.0 Å². The molecular formula is C19H16FN3O. The Labute approximate surface area is 139 Å². The molecule has 1 saturated heterocycles. The molecule has 0 unspecified atom stereocenters. The second-order valence-corrected chi connectivity index (χ2v) is 6.14. The summed E-state index contributed by atoms with van der Waals surface area (Å²) in [5, 5.41) is 0. The van der Waals surface area contributed by atoms with Crippen molar-refractivity contribution in [3.05, 3.63) is 59.5 Å². The summed E-state index contributed by atoms with van der Waals surface area (Å²) in [6.07, 6.45) is 3.75. The lowest BCUT2D eigenvalue weighted by Crippen LogP contribution is -2.45. The van der Waals surface area contributed by atoms with Gasteiger partial charge >= 0.3 is 6.03 Å². The second kappa shape index (κ2) is 5.64. The molecule has 0 bridgehead atoms. The Morgan fingerprint density at radius 3 is 2.29 bits per heavy atom. The molecule has 2 amide bonds. The minimum absolute atomic E-state index is 0.0140. The van der Waals surface area contributed by atoms with E-state index in [4.69, 9.17) is 0 Å². The van der Waals surface area contributed by atoms with E-state index in [9.17, 15) is 9.18 Å². The van der Waals surface area contributed by atoms with Gasteiger partial charge in [0.1, 0.15) is 11.6 Å². The highest BCUT2D eigenvalue weighted by molar-refractivity contribution is 5.95. The van der Waals surface area contributed by atoms with Crippen molar-refractivity contribution in [2.24, 2.45) is 0 Å². The molecule has 5 heteroatoms. The van der Waals surface area contributed by atoms with Crippen LogP contribution in [0.25, 0.3) is 0 Å². The summed E-state index contributed by atoms with van der Waals surface area (Å²) in [5.41, 5.74) is 1.50. The molecule has 2 aliphatic rings. The average molecular weight is 321 g/mol. The predicted octanol–water partition coefficient (Wildman–Crippen LogP) is 3.02. The maximum atomic E-state index is 12.9. The van der Waals surface area contributed by atoms with Crippen LogP contribution in [0.4, 0.5) is 15.0 Å². The molecule has 0 N–H and O–H groups in total. The number of rotatable bonds is 1. The summed E-state index contributed by atoms with van der Waals surface area (Å²) in [5.74, 6) is 6.37. The van der Waals surface area contributed by atoms with Gasteiger partial charge in [0.25, 0.3) is 0 Å². The third kappa shape index (κ3) is 2.41. The van der Waals surface area contributed by atoms with Crippen molar-refractivity contribution >= 4 is 11.8 Å². The molecule has 4 nitrogen and oxygen atoms in total. The lowest BCUT2D eigenvalue weighted by Gasteiger charge is -2.35. The number of halogens is 1. The zero-order valence-corrected chi connectivity index (χ0v) is 13.2. The van der Waals surface area contributed by atoms with Gasteiger partial charge in [0.15, 0.2) is 0 Å². The van der Waals surface area contributed by atoms with Crippen LogP contribution in [-0.4, -0.2) is 35.0 Å². The van der Waals surface area contributed by atoms with Gasteiger partial charge in [-0.3, -0.25) is 4.90 Å². The number of aromatic nitrogens is 1. The highest BCUT2D eigenvalue weighted by atomic mass is 19.1. The fourth-order valence-electron chi connectivity index (χ4n) is 3.22. The van der Waals surface area contributed by atoms with E-state index in [0.29, 0.717) is 11.9 Å². The van der Waals surface area contributed by atoms with Gasteiger partial charge < -0.3 is 4.90 Å². The van der Waals surface area contributed by atoms with Gasteiger partial charge in [-0.25, -0.2) is 14.2 Å². The molecule has 1 aromatic carbocycles. The molecule has 2 fully saturated rings. The Morgan fingerprint density at radius 1 is 1.04 bits per heavy atom. The van der Waals surface area contributed by atoms with E-state index in [1.165, 1.54) is 12.1 Å². The number of amides is 2. The van der Waals surface area contributed by atoms with E-state index in [-0.39, 0.29) is 17.9 Å². The van der Waals surface area contributed by atoms with Gasteiger partial charge in [-0.1, -0.05) is 11.8 Å². The molecule has 24 heavy (non-hydrogen) atoms. The van der Waals surface area contributed by atoms with Crippen molar-refractivity contribution < 1.29 is 9.18 Å². The largest absolute Gasteiger partial charge is 0.326 e. The van der Waals surface area contributed by atoms with Crippen molar-refractivity contribution in [1.29, 1.82) is 0 Å². The first kappa shape index (κ1) is 14.7. The van der Waals surface area contributed by atoms with E-state index >= 15 is 0 Å². The smallest absolute Gasteiger partial charge is 0.322 e. The summed E-state index contributed by atoms with van der Waals surface area (Å²) in [4.78, 5) is 20.3. The lowest BCUT2D eigenvalue weighted by atomic mass is 9.86. The van der Waals surface area contributed by atoms with Crippen molar-refractivity contribution in [2.45, 2.75) is 24.9 Å². The number of anilines is 1. The van der Waals surface area contributed by atoms with Crippen LogP contribution in [0, 0.1) is 17.7 Å². The monoisotopic (exact) mass is 321 g/mol. The Kier molecular flexibility index (Phi) is 3.46. The molecule has 4 rings (SSSR count). The Bertz CT molecular complexity index is 836. The number of benzene rings is 1. The SMILES string of the molecule is CN1C(=O)N(c2ccc(C#Cc3ccc(F)cc3)cn2)[C@H]2CC[C@H]21. The number of hydrogen-bond donors (Lipinski definition) is 0. The van der Waals surface area contributed by atoms with Crippen molar-refractivity contribution in [3.8, 4) is 11.8 Å². The molecular weight excluding hydrogens is 305 g/mol. The topological polar surface area (TPSA) is 36.4 Å². The summed E-state index contributed by atoms with van der Waals surface area (Å²) in [6, 6.07) is 10.3. The first-order valence-electron chi connectivity index (χ1n) is 7.93. The second-order valence-electron chi connectivity index (χ2n) is 6.14. The van der Waals surface area contributed by atoms with E-state index < -0.39 is 0 Å².